The lowest BCUT2D eigenvalue weighted by Crippen LogP contribution is -2.39. The number of hydrogen-bond acceptors (Lipinski definition) is 10. The lowest BCUT2D eigenvalue weighted by molar-refractivity contribution is -0.143. The lowest BCUT2D eigenvalue weighted by atomic mass is 10.0. The number of alkyl halides is 6. The predicted octanol–water partition coefficient (Wildman–Crippen LogP) is 5.55. The van der Waals surface area contributed by atoms with E-state index in [0.717, 1.165) is 12.1 Å². The first-order valence-electron chi connectivity index (χ1n) is 16.2. The summed E-state index contributed by atoms with van der Waals surface area (Å²) in [6.07, 6.45) is -3.42. The molecular weight excluding hydrogens is 678 g/mol. The molecule has 17 heteroatoms. The van der Waals surface area contributed by atoms with Crippen LogP contribution in [-0.2, 0) is 18.9 Å². The van der Waals surface area contributed by atoms with E-state index < -0.39 is 35.6 Å². The molecule has 0 aliphatic carbocycles. The minimum Gasteiger partial charge on any atom is -0.393 e. The first kappa shape index (κ1) is 35.2. The second-order valence-corrected chi connectivity index (χ2v) is 13.2. The van der Waals surface area contributed by atoms with Gasteiger partial charge in [-0.05, 0) is 55.9 Å². The Bertz CT molecular complexity index is 1570. The van der Waals surface area contributed by atoms with Crippen LogP contribution in [0.15, 0.2) is 36.8 Å². The Morgan fingerprint density at radius 1 is 0.837 bits per heavy atom. The van der Waals surface area contributed by atoms with Crippen LogP contribution < -0.4 is 19.6 Å². The molecule has 3 aliphatic rings. The topological polar surface area (TPSA) is 105 Å². The van der Waals surface area contributed by atoms with Crippen molar-refractivity contribution in [3.8, 4) is 0 Å². The maximum absolute atomic E-state index is 13.8. The summed E-state index contributed by atoms with van der Waals surface area (Å²) in [4.78, 5) is 25.8. The molecule has 10 nitrogen and oxygen atoms in total. The second kappa shape index (κ2) is 13.9. The van der Waals surface area contributed by atoms with Gasteiger partial charge < -0.3 is 29.8 Å². The van der Waals surface area contributed by atoms with Gasteiger partial charge in [0.25, 0.3) is 0 Å². The molecule has 6 rings (SSSR count). The summed E-state index contributed by atoms with van der Waals surface area (Å²) in [7, 11) is 0. The Kier molecular flexibility index (Phi) is 10.0. The van der Waals surface area contributed by atoms with Gasteiger partial charge in [0.15, 0.2) is 5.82 Å². The minimum absolute atomic E-state index is 0.117. The van der Waals surface area contributed by atoms with Gasteiger partial charge in [-0.15, -0.1) is 0 Å². The van der Waals surface area contributed by atoms with Crippen molar-refractivity contribution in [3.63, 3.8) is 0 Å². The van der Waals surface area contributed by atoms with Gasteiger partial charge >= 0.3 is 12.4 Å². The van der Waals surface area contributed by atoms with E-state index in [-0.39, 0.29) is 42.8 Å². The van der Waals surface area contributed by atoms with Crippen LogP contribution in [0, 0.1) is 0 Å². The Morgan fingerprint density at radius 2 is 1.45 bits per heavy atom. The molecule has 0 bridgehead atoms. The van der Waals surface area contributed by atoms with Gasteiger partial charge in [-0.1, -0.05) is 18.5 Å². The van der Waals surface area contributed by atoms with Crippen LogP contribution >= 0.6 is 11.6 Å². The van der Waals surface area contributed by atoms with Gasteiger partial charge in [0.05, 0.1) is 53.7 Å². The molecule has 2 unspecified atom stereocenters. The zero-order valence-electron chi connectivity index (χ0n) is 26.7. The number of rotatable bonds is 8. The number of aliphatic hydroxyl groups is 2. The first-order valence-corrected chi connectivity index (χ1v) is 16.6. The fraction of sp³-hybridized carbons (Fsp3) is 0.562. The van der Waals surface area contributed by atoms with Crippen molar-refractivity contribution in [1.29, 1.82) is 0 Å². The molecule has 2 aromatic heterocycles. The van der Waals surface area contributed by atoms with Crippen LogP contribution in [-0.4, -0.2) is 87.2 Å². The van der Waals surface area contributed by atoms with Crippen LogP contribution in [0.1, 0.15) is 55.7 Å². The standard InChI is InChI=1S/C32H37ClF6N8O2/c1-2-22-12-23(17-46(22)28-27(33)15-42-30(43-28)44-6-3-25(48)4-7-44)47(29-40-13-24(14-41-29)45-8-5-26(49)18-45)16-19-9-20(31(34,35)36)11-21(10-19)32(37,38)39/h9-11,13-15,22-23,25-26,48-49H,2-8,12,16-18H2,1H3/t22?,23?,26-/m0/s1. The summed E-state index contributed by atoms with van der Waals surface area (Å²) in [5.41, 5.74) is -2.35. The first-order chi connectivity index (χ1) is 23.2. The van der Waals surface area contributed by atoms with Crippen molar-refractivity contribution in [2.75, 3.05) is 52.3 Å². The van der Waals surface area contributed by atoms with Crippen molar-refractivity contribution in [2.24, 2.45) is 0 Å². The Labute approximate surface area is 284 Å². The molecule has 1 aromatic carbocycles. The third-order valence-electron chi connectivity index (χ3n) is 9.45. The van der Waals surface area contributed by atoms with Gasteiger partial charge in [-0.25, -0.2) is 15.0 Å². The number of aromatic nitrogens is 4. The molecule has 3 aliphatic heterocycles. The summed E-state index contributed by atoms with van der Waals surface area (Å²) in [6, 6.07) is 0.998. The third kappa shape index (κ3) is 7.91. The summed E-state index contributed by atoms with van der Waals surface area (Å²) in [5.74, 6) is 1.06. The zero-order valence-corrected chi connectivity index (χ0v) is 27.4. The number of halogens is 7. The van der Waals surface area contributed by atoms with Gasteiger partial charge in [-0.2, -0.15) is 31.3 Å². The van der Waals surface area contributed by atoms with Gasteiger partial charge in [0, 0.05) is 45.3 Å². The molecule has 3 saturated heterocycles. The smallest absolute Gasteiger partial charge is 0.393 e. The number of β-amino-alcohol motifs (C(OH)–C–C–N with tert-alkyl or cyclic N) is 1. The number of nitrogens with zero attached hydrogens (tertiary/aromatic N) is 8. The molecule has 266 valence electrons. The van der Waals surface area contributed by atoms with E-state index in [9.17, 15) is 36.6 Å². The van der Waals surface area contributed by atoms with Crippen LogP contribution in [0.2, 0.25) is 5.02 Å². The van der Waals surface area contributed by atoms with E-state index in [1.54, 1.807) is 17.3 Å². The lowest BCUT2D eigenvalue weighted by Gasteiger charge is -2.32. The van der Waals surface area contributed by atoms with Crippen LogP contribution in [0.4, 0.5) is 49.7 Å². The monoisotopic (exact) mass is 714 g/mol. The van der Waals surface area contributed by atoms with Crippen molar-refractivity contribution in [1.82, 2.24) is 19.9 Å². The normalized spacial score (nSPS) is 22.3. The predicted molar refractivity (Wildman–Crippen MR) is 172 cm³/mol. The summed E-state index contributed by atoms with van der Waals surface area (Å²) in [6.45, 7) is 4.04. The maximum atomic E-state index is 13.8. The van der Waals surface area contributed by atoms with Crippen molar-refractivity contribution < 1.29 is 36.6 Å². The zero-order chi connectivity index (χ0) is 35.1. The maximum Gasteiger partial charge on any atom is 0.416 e. The van der Waals surface area contributed by atoms with Crippen molar-refractivity contribution in [2.45, 2.75) is 82.2 Å². The van der Waals surface area contributed by atoms with E-state index >= 15 is 0 Å². The fourth-order valence-corrected chi connectivity index (χ4v) is 7.01. The SMILES string of the molecule is CCC1CC(N(Cc2cc(C(F)(F)F)cc(C(F)(F)F)c2)c2ncc(N3CC[C@H](O)C3)cn2)CN1c1nc(N2CCC(O)CC2)ncc1Cl. The van der Waals surface area contributed by atoms with E-state index in [1.165, 1.54) is 6.20 Å². The molecule has 3 atom stereocenters. The highest BCUT2D eigenvalue weighted by Crippen LogP contribution is 2.39. The second-order valence-electron chi connectivity index (χ2n) is 12.8. The average molecular weight is 715 g/mol. The Balaban J connectivity index is 1.35. The van der Waals surface area contributed by atoms with E-state index in [1.807, 2.05) is 21.6 Å². The molecule has 3 fully saturated rings. The molecule has 0 amide bonds. The highest BCUT2D eigenvalue weighted by molar-refractivity contribution is 6.32. The largest absolute Gasteiger partial charge is 0.416 e. The summed E-state index contributed by atoms with van der Waals surface area (Å²) < 4.78 is 82.8. The molecule has 0 spiro atoms. The van der Waals surface area contributed by atoms with Crippen molar-refractivity contribution in [3.05, 3.63) is 58.5 Å². The van der Waals surface area contributed by atoms with Gasteiger partial charge in [0.1, 0.15) is 5.02 Å². The molecule has 5 heterocycles. The fourth-order valence-electron chi connectivity index (χ4n) is 6.81. The molecule has 2 N–H and O–H groups in total. The van der Waals surface area contributed by atoms with Crippen LogP contribution in [0.25, 0.3) is 0 Å². The quantitative estimate of drug-likeness (QED) is 0.289. The summed E-state index contributed by atoms with van der Waals surface area (Å²) in [5, 5.41) is 20.2. The number of anilines is 4. The Morgan fingerprint density at radius 3 is 2.02 bits per heavy atom. The number of aliphatic hydroxyl groups excluding tert-OH is 2. The van der Waals surface area contributed by atoms with E-state index in [0.29, 0.717) is 80.8 Å². The van der Waals surface area contributed by atoms with Crippen LogP contribution in [0.3, 0.4) is 0 Å². The van der Waals surface area contributed by atoms with Gasteiger partial charge in [0.2, 0.25) is 11.9 Å². The molecule has 49 heavy (non-hydrogen) atoms. The highest BCUT2D eigenvalue weighted by Gasteiger charge is 2.40. The van der Waals surface area contributed by atoms with Gasteiger partial charge in [-0.3, -0.25) is 0 Å². The number of piperidine rings is 1. The van der Waals surface area contributed by atoms with E-state index in [2.05, 4.69) is 15.0 Å². The van der Waals surface area contributed by atoms with Crippen molar-refractivity contribution >= 4 is 35.0 Å². The Hall–Kier alpha value is -3.63. The number of benzene rings is 1. The third-order valence-corrected chi connectivity index (χ3v) is 9.71. The molecule has 3 aromatic rings. The average Bonchev–Trinajstić information content (AvgIpc) is 3.70. The molecule has 0 saturated carbocycles. The minimum atomic E-state index is -5.00. The molecule has 0 radical (unpaired) electrons. The van der Waals surface area contributed by atoms with E-state index in [4.69, 9.17) is 16.6 Å². The van der Waals surface area contributed by atoms with Crippen LogP contribution in [0.5, 0.6) is 0 Å². The number of hydrogen-bond donors (Lipinski definition) is 2. The highest BCUT2D eigenvalue weighted by atomic mass is 35.5. The molecular formula is C32H37ClF6N8O2. The summed E-state index contributed by atoms with van der Waals surface area (Å²) >= 11 is 6.65.